The van der Waals surface area contributed by atoms with E-state index in [1.165, 1.54) is 12.1 Å². The van der Waals surface area contributed by atoms with E-state index in [1.54, 1.807) is 19.0 Å². The van der Waals surface area contributed by atoms with E-state index in [-0.39, 0.29) is 24.0 Å². The molecule has 2 aliphatic rings. The van der Waals surface area contributed by atoms with E-state index in [9.17, 15) is 9.18 Å². The van der Waals surface area contributed by atoms with Crippen LogP contribution in [0.5, 0.6) is 0 Å². The molecule has 0 bridgehead atoms. The molecule has 23 heavy (non-hydrogen) atoms. The molecule has 2 heterocycles. The predicted molar refractivity (Wildman–Crippen MR) is 85.6 cm³/mol. The van der Waals surface area contributed by atoms with Crippen molar-refractivity contribution in [1.82, 2.24) is 15.1 Å². The maximum absolute atomic E-state index is 13.1. The molecule has 0 aromatic heterocycles. The molecule has 0 aliphatic carbocycles. The number of halogens is 1. The Hall–Kier alpha value is -1.66. The molecular weight excluding hydrogens is 297 g/mol. The number of urea groups is 1. The van der Waals surface area contributed by atoms with Crippen LogP contribution in [0.15, 0.2) is 24.3 Å². The largest absolute Gasteiger partial charge is 0.374 e. The van der Waals surface area contributed by atoms with Crippen molar-refractivity contribution in [3.05, 3.63) is 35.6 Å². The van der Waals surface area contributed by atoms with Crippen molar-refractivity contribution in [2.45, 2.75) is 37.6 Å². The number of fused-ring (bicyclic) bond motifs is 1. The van der Waals surface area contributed by atoms with Crippen LogP contribution in [-0.4, -0.2) is 61.3 Å². The van der Waals surface area contributed by atoms with Gasteiger partial charge in [-0.25, -0.2) is 9.18 Å². The van der Waals surface area contributed by atoms with E-state index >= 15 is 0 Å². The number of amides is 2. The van der Waals surface area contributed by atoms with Crippen LogP contribution < -0.4 is 5.32 Å². The number of carbonyl (C=O) groups is 1. The van der Waals surface area contributed by atoms with E-state index in [2.05, 4.69) is 10.2 Å². The molecule has 2 aliphatic heterocycles. The van der Waals surface area contributed by atoms with E-state index in [1.807, 2.05) is 12.1 Å². The average molecular weight is 321 g/mol. The van der Waals surface area contributed by atoms with Gasteiger partial charge in [0.05, 0.1) is 12.1 Å². The quantitative estimate of drug-likeness (QED) is 0.924. The summed E-state index contributed by atoms with van der Waals surface area (Å²) < 4.78 is 19.0. The van der Waals surface area contributed by atoms with Gasteiger partial charge in [0.25, 0.3) is 0 Å². The SMILES string of the molecule is CN(C)C(=O)N[C@@H]1CN(Cc2ccc(F)cc2)[C@H]2CCCO[C@@H]12. The van der Waals surface area contributed by atoms with Crippen LogP contribution in [0.1, 0.15) is 18.4 Å². The molecule has 3 rings (SSSR count). The third-order valence-corrected chi connectivity index (χ3v) is 4.64. The number of likely N-dealkylation sites (tertiary alicyclic amines) is 1. The van der Waals surface area contributed by atoms with E-state index < -0.39 is 0 Å². The van der Waals surface area contributed by atoms with Gasteiger partial charge in [0.2, 0.25) is 0 Å². The number of hydrogen-bond acceptors (Lipinski definition) is 3. The summed E-state index contributed by atoms with van der Waals surface area (Å²) in [6, 6.07) is 6.83. The van der Waals surface area contributed by atoms with Gasteiger partial charge in [-0.15, -0.1) is 0 Å². The predicted octanol–water partition coefficient (Wildman–Crippen LogP) is 1.83. The number of nitrogens with one attached hydrogen (secondary N) is 1. The lowest BCUT2D eigenvalue weighted by Crippen LogP contribution is -2.50. The summed E-state index contributed by atoms with van der Waals surface area (Å²) in [4.78, 5) is 15.9. The molecule has 2 fully saturated rings. The monoisotopic (exact) mass is 321 g/mol. The van der Waals surface area contributed by atoms with Gasteiger partial charge in [0.1, 0.15) is 5.82 Å². The molecule has 1 aromatic rings. The lowest BCUT2D eigenvalue weighted by molar-refractivity contribution is -0.0207. The molecule has 126 valence electrons. The topological polar surface area (TPSA) is 44.8 Å². The highest BCUT2D eigenvalue weighted by Gasteiger charge is 2.44. The van der Waals surface area contributed by atoms with Crippen LogP contribution in [0.3, 0.4) is 0 Å². The molecule has 3 atom stereocenters. The van der Waals surface area contributed by atoms with Crippen LogP contribution in [0.4, 0.5) is 9.18 Å². The molecule has 5 nitrogen and oxygen atoms in total. The zero-order valence-corrected chi connectivity index (χ0v) is 13.7. The standard InChI is InChI=1S/C17H24FN3O2/c1-20(2)17(22)19-14-11-21(15-4-3-9-23-16(14)15)10-12-5-7-13(18)8-6-12/h5-8,14-16H,3-4,9-11H2,1-2H3,(H,19,22)/t14-,15+,16+/m1/s1. The van der Waals surface area contributed by atoms with Crippen molar-refractivity contribution in [2.24, 2.45) is 0 Å². The Kier molecular flexibility index (Phi) is 4.82. The average Bonchev–Trinajstić information content (AvgIpc) is 2.88. The Bertz CT molecular complexity index is 549. The minimum Gasteiger partial charge on any atom is -0.374 e. The second-order valence-electron chi connectivity index (χ2n) is 6.55. The van der Waals surface area contributed by atoms with Crippen LogP contribution in [0, 0.1) is 5.82 Å². The van der Waals surface area contributed by atoms with Crippen LogP contribution in [0.25, 0.3) is 0 Å². The van der Waals surface area contributed by atoms with Gasteiger partial charge < -0.3 is 15.0 Å². The first-order valence-electron chi connectivity index (χ1n) is 8.12. The van der Waals surface area contributed by atoms with Crippen molar-refractivity contribution < 1.29 is 13.9 Å². The zero-order valence-electron chi connectivity index (χ0n) is 13.7. The molecule has 2 saturated heterocycles. The zero-order chi connectivity index (χ0) is 16.4. The molecule has 0 unspecified atom stereocenters. The highest BCUT2D eigenvalue weighted by Crippen LogP contribution is 2.30. The summed E-state index contributed by atoms with van der Waals surface area (Å²) >= 11 is 0. The number of hydrogen-bond donors (Lipinski definition) is 1. The van der Waals surface area contributed by atoms with Gasteiger partial charge >= 0.3 is 6.03 Å². The third-order valence-electron chi connectivity index (χ3n) is 4.64. The van der Waals surface area contributed by atoms with E-state index in [0.29, 0.717) is 6.04 Å². The normalized spacial score (nSPS) is 27.5. The van der Waals surface area contributed by atoms with E-state index in [4.69, 9.17) is 4.74 Å². The Balaban J connectivity index is 1.70. The Morgan fingerprint density at radius 1 is 1.39 bits per heavy atom. The maximum atomic E-state index is 13.1. The van der Waals surface area contributed by atoms with Crippen molar-refractivity contribution >= 4 is 6.03 Å². The number of benzene rings is 1. The molecule has 1 aromatic carbocycles. The Morgan fingerprint density at radius 3 is 2.83 bits per heavy atom. The second-order valence-corrected chi connectivity index (χ2v) is 6.55. The molecule has 0 spiro atoms. The fourth-order valence-electron chi connectivity index (χ4n) is 3.48. The number of rotatable bonds is 3. The highest BCUT2D eigenvalue weighted by molar-refractivity contribution is 5.74. The van der Waals surface area contributed by atoms with Gasteiger partial charge in [0.15, 0.2) is 0 Å². The van der Waals surface area contributed by atoms with Gasteiger partial charge in [-0.05, 0) is 30.5 Å². The van der Waals surface area contributed by atoms with Gasteiger partial charge in [-0.2, -0.15) is 0 Å². The lowest BCUT2D eigenvalue weighted by atomic mass is 10.0. The van der Waals surface area contributed by atoms with Gasteiger partial charge in [-0.3, -0.25) is 4.90 Å². The third kappa shape index (κ3) is 3.64. The minimum absolute atomic E-state index is 0.00403. The van der Waals surface area contributed by atoms with Crippen LogP contribution in [-0.2, 0) is 11.3 Å². The van der Waals surface area contributed by atoms with Crippen LogP contribution in [0.2, 0.25) is 0 Å². The summed E-state index contributed by atoms with van der Waals surface area (Å²) in [6.45, 7) is 2.26. The second kappa shape index (κ2) is 6.84. The Morgan fingerprint density at radius 2 is 2.13 bits per heavy atom. The smallest absolute Gasteiger partial charge is 0.317 e. The maximum Gasteiger partial charge on any atom is 0.317 e. The lowest BCUT2D eigenvalue weighted by Gasteiger charge is -2.32. The van der Waals surface area contributed by atoms with Crippen molar-refractivity contribution in [3.8, 4) is 0 Å². The first-order chi connectivity index (χ1) is 11.0. The molecule has 2 amide bonds. The Labute approximate surface area is 136 Å². The van der Waals surface area contributed by atoms with Crippen molar-refractivity contribution in [1.29, 1.82) is 0 Å². The molecule has 6 heteroatoms. The van der Waals surface area contributed by atoms with Crippen LogP contribution >= 0.6 is 0 Å². The fourth-order valence-corrected chi connectivity index (χ4v) is 3.48. The van der Waals surface area contributed by atoms with Crippen molar-refractivity contribution in [3.63, 3.8) is 0 Å². The highest BCUT2D eigenvalue weighted by atomic mass is 19.1. The van der Waals surface area contributed by atoms with Crippen molar-refractivity contribution in [2.75, 3.05) is 27.2 Å². The molecular formula is C17H24FN3O2. The first-order valence-corrected chi connectivity index (χ1v) is 8.12. The van der Waals surface area contributed by atoms with Gasteiger partial charge in [0, 0.05) is 39.8 Å². The summed E-state index contributed by atoms with van der Waals surface area (Å²) in [5.74, 6) is -0.217. The minimum atomic E-state index is -0.217. The summed E-state index contributed by atoms with van der Waals surface area (Å²) in [7, 11) is 3.47. The summed E-state index contributed by atoms with van der Waals surface area (Å²) in [6.07, 6.45) is 2.14. The van der Waals surface area contributed by atoms with E-state index in [0.717, 1.165) is 38.1 Å². The number of ether oxygens (including phenoxy) is 1. The summed E-state index contributed by atoms with van der Waals surface area (Å²) in [5.41, 5.74) is 1.08. The number of carbonyl (C=O) groups excluding carboxylic acids is 1. The molecule has 1 N–H and O–H groups in total. The molecule has 0 radical (unpaired) electrons. The van der Waals surface area contributed by atoms with Gasteiger partial charge in [-0.1, -0.05) is 12.1 Å². The molecule has 0 saturated carbocycles. The summed E-state index contributed by atoms with van der Waals surface area (Å²) in [5, 5.41) is 3.06. The fraction of sp³-hybridized carbons (Fsp3) is 0.588. The first kappa shape index (κ1) is 16.2. The number of nitrogens with zero attached hydrogens (tertiary/aromatic N) is 2.